The van der Waals surface area contributed by atoms with Gasteiger partial charge in [-0.3, -0.25) is 14.6 Å². The predicted octanol–water partition coefficient (Wildman–Crippen LogP) is 2.40. The number of hydrogen-bond donors (Lipinski definition) is 2. The number of aromatic nitrogens is 1. The summed E-state index contributed by atoms with van der Waals surface area (Å²) in [5, 5.41) is 11.8. The Balaban J connectivity index is 2.81. The van der Waals surface area contributed by atoms with Gasteiger partial charge in [0.05, 0.1) is 12.0 Å². The van der Waals surface area contributed by atoms with Crippen LogP contribution in [0.15, 0.2) is 18.3 Å². The molecule has 0 aliphatic rings. The third kappa shape index (κ3) is 5.38. The second-order valence-corrected chi connectivity index (χ2v) is 6.17. The molecule has 0 aliphatic heterocycles. The van der Waals surface area contributed by atoms with Crippen molar-refractivity contribution in [2.75, 3.05) is 0 Å². The molecule has 1 unspecified atom stereocenters. The zero-order valence-corrected chi connectivity index (χ0v) is 12.4. The number of carbonyl (C=O) groups excluding carboxylic acids is 1. The predicted molar refractivity (Wildman–Crippen MR) is 76.6 cm³/mol. The fraction of sp³-hybridized carbons (Fsp3) is 0.533. The molecule has 5 nitrogen and oxygen atoms in total. The normalized spacial score (nSPS) is 12.8. The van der Waals surface area contributed by atoms with Crippen molar-refractivity contribution < 1.29 is 14.7 Å². The van der Waals surface area contributed by atoms with Crippen LogP contribution in [0.3, 0.4) is 0 Å². The van der Waals surface area contributed by atoms with Crippen molar-refractivity contribution in [1.82, 2.24) is 10.3 Å². The van der Waals surface area contributed by atoms with E-state index in [0.717, 1.165) is 0 Å². The molecule has 0 spiro atoms. The molecule has 0 saturated heterocycles. The quantitative estimate of drug-likeness (QED) is 0.866. The summed E-state index contributed by atoms with van der Waals surface area (Å²) in [6.45, 7) is 7.81. The number of nitrogens with zero attached hydrogens (tertiary/aromatic N) is 1. The standard InChI is InChI=1S/C15H22N2O3/c1-10-12(6-5-7-16-10)14(20)17-11(8-13(18)19)9-15(2,3)4/h5-7,11H,8-9H2,1-4H3,(H,17,20)(H,18,19). The Hall–Kier alpha value is -1.91. The molecule has 1 rings (SSSR count). The van der Waals surface area contributed by atoms with Gasteiger partial charge in [0.2, 0.25) is 0 Å². The summed E-state index contributed by atoms with van der Waals surface area (Å²) < 4.78 is 0. The lowest BCUT2D eigenvalue weighted by Gasteiger charge is -2.26. The molecular weight excluding hydrogens is 256 g/mol. The van der Waals surface area contributed by atoms with Gasteiger partial charge in [-0.1, -0.05) is 20.8 Å². The van der Waals surface area contributed by atoms with Crippen molar-refractivity contribution in [3.05, 3.63) is 29.6 Å². The van der Waals surface area contributed by atoms with Crippen LogP contribution in [0.5, 0.6) is 0 Å². The summed E-state index contributed by atoms with van der Waals surface area (Å²) in [5.41, 5.74) is 1.06. The molecule has 20 heavy (non-hydrogen) atoms. The van der Waals surface area contributed by atoms with Gasteiger partial charge in [-0.15, -0.1) is 0 Å². The molecule has 0 bridgehead atoms. The number of aliphatic carboxylic acids is 1. The van der Waals surface area contributed by atoms with Crippen molar-refractivity contribution in [3.8, 4) is 0 Å². The molecular formula is C15H22N2O3. The Labute approximate surface area is 119 Å². The van der Waals surface area contributed by atoms with Gasteiger partial charge in [-0.05, 0) is 30.9 Å². The summed E-state index contributed by atoms with van der Waals surface area (Å²) in [6, 6.07) is 2.99. The van der Waals surface area contributed by atoms with Crippen LogP contribution in [0.4, 0.5) is 0 Å². The first-order valence-electron chi connectivity index (χ1n) is 6.63. The van der Waals surface area contributed by atoms with Crippen LogP contribution < -0.4 is 5.32 Å². The van der Waals surface area contributed by atoms with E-state index in [1.54, 1.807) is 25.3 Å². The molecule has 2 N–H and O–H groups in total. The Morgan fingerprint density at radius 3 is 2.55 bits per heavy atom. The fourth-order valence-corrected chi connectivity index (χ4v) is 2.11. The van der Waals surface area contributed by atoms with E-state index in [9.17, 15) is 9.59 Å². The number of carbonyl (C=O) groups is 2. The number of carboxylic acids is 1. The van der Waals surface area contributed by atoms with E-state index in [1.807, 2.05) is 20.8 Å². The van der Waals surface area contributed by atoms with Gasteiger partial charge in [-0.2, -0.15) is 0 Å². The number of rotatable bonds is 5. The van der Waals surface area contributed by atoms with Gasteiger partial charge in [0.25, 0.3) is 5.91 Å². The molecule has 1 heterocycles. The van der Waals surface area contributed by atoms with Gasteiger partial charge < -0.3 is 10.4 Å². The number of pyridine rings is 1. The Kier molecular flexibility index (Phi) is 5.25. The SMILES string of the molecule is Cc1ncccc1C(=O)NC(CC(=O)O)CC(C)(C)C. The molecule has 1 atom stereocenters. The molecule has 110 valence electrons. The van der Waals surface area contributed by atoms with Gasteiger partial charge in [0.1, 0.15) is 0 Å². The minimum absolute atomic E-state index is 0.0582. The highest BCUT2D eigenvalue weighted by atomic mass is 16.4. The van der Waals surface area contributed by atoms with Crippen LogP contribution in [0.1, 0.15) is 49.7 Å². The minimum Gasteiger partial charge on any atom is -0.481 e. The van der Waals surface area contributed by atoms with Crippen LogP contribution in [0, 0.1) is 12.3 Å². The van der Waals surface area contributed by atoms with Crippen molar-refractivity contribution >= 4 is 11.9 Å². The van der Waals surface area contributed by atoms with Crippen LogP contribution in [-0.2, 0) is 4.79 Å². The zero-order chi connectivity index (χ0) is 15.3. The minimum atomic E-state index is -0.914. The van der Waals surface area contributed by atoms with Crippen molar-refractivity contribution in [3.63, 3.8) is 0 Å². The van der Waals surface area contributed by atoms with E-state index in [0.29, 0.717) is 17.7 Å². The molecule has 0 fully saturated rings. The van der Waals surface area contributed by atoms with Gasteiger partial charge in [0.15, 0.2) is 0 Å². The monoisotopic (exact) mass is 278 g/mol. The summed E-state index contributed by atoms with van der Waals surface area (Å²) in [5.74, 6) is -1.19. The molecule has 1 aromatic rings. The van der Waals surface area contributed by atoms with Crippen molar-refractivity contribution in [2.24, 2.45) is 5.41 Å². The van der Waals surface area contributed by atoms with Crippen LogP contribution >= 0.6 is 0 Å². The fourth-order valence-electron chi connectivity index (χ4n) is 2.11. The summed E-state index contributed by atoms with van der Waals surface area (Å²) in [6.07, 6.45) is 2.14. The van der Waals surface area contributed by atoms with Crippen molar-refractivity contribution in [2.45, 2.75) is 46.6 Å². The van der Waals surface area contributed by atoms with Crippen LogP contribution in [-0.4, -0.2) is 28.0 Å². The zero-order valence-electron chi connectivity index (χ0n) is 12.4. The lowest BCUT2D eigenvalue weighted by molar-refractivity contribution is -0.137. The Morgan fingerprint density at radius 1 is 1.40 bits per heavy atom. The average Bonchev–Trinajstić information content (AvgIpc) is 2.25. The molecule has 1 aromatic heterocycles. The number of nitrogens with one attached hydrogen (secondary N) is 1. The number of carboxylic acid groups (broad SMARTS) is 1. The third-order valence-electron chi connectivity index (χ3n) is 2.87. The smallest absolute Gasteiger partial charge is 0.305 e. The first-order valence-corrected chi connectivity index (χ1v) is 6.63. The van der Waals surface area contributed by atoms with Gasteiger partial charge >= 0.3 is 5.97 Å². The van der Waals surface area contributed by atoms with E-state index >= 15 is 0 Å². The average molecular weight is 278 g/mol. The second-order valence-electron chi connectivity index (χ2n) is 6.17. The maximum absolute atomic E-state index is 12.2. The second kappa shape index (κ2) is 6.50. The molecule has 5 heteroatoms. The summed E-state index contributed by atoms with van der Waals surface area (Å²) in [7, 11) is 0. The molecule has 0 aromatic carbocycles. The van der Waals surface area contributed by atoms with E-state index in [2.05, 4.69) is 10.3 Å². The van der Waals surface area contributed by atoms with E-state index in [-0.39, 0.29) is 23.8 Å². The van der Waals surface area contributed by atoms with Gasteiger partial charge in [-0.25, -0.2) is 0 Å². The lowest BCUT2D eigenvalue weighted by Crippen LogP contribution is -2.39. The molecule has 1 amide bonds. The first-order chi connectivity index (χ1) is 9.19. The lowest BCUT2D eigenvalue weighted by atomic mass is 9.87. The number of amides is 1. The Bertz CT molecular complexity index is 492. The van der Waals surface area contributed by atoms with Crippen molar-refractivity contribution in [1.29, 1.82) is 0 Å². The molecule has 0 radical (unpaired) electrons. The maximum Gasteiger partial charge on any atom is 0.305 e. The van der Waals surface area contributed by atoms with Crippen LogP contribution in [0.2, 0.25) is 0 Å². The van der Waals surface area contributed by atoms with E-state index < -0.39 is 5.97 Å². The summed E-state index contributed by atoms with van der Waals surface area (Å²) in [4.78, 5) is 27.2. The molecule has 0 aliphatic carbocycles. The van der Waals surface area contributed by atoms with E-state index in [1.165, 1.54) is 0 Å². The highest BCUT2D eigenvalue weighted by Gasteiger charge is 2.23. The van der Waals surface area contributed by atoms with Crippen LogP contribution in [0.25, 0.3) is 0 Å². The highest BCUT2D eigenvalue weighted by Crippen LogP contribution is 2.22. The summed E-state index contributed by atoms with van der Waals surface area (Å²) >= 11 is 0. The Morgan fingerprint density at radius 2 is 2.05 bits per heavy atom. The molecule has 0 saturated carbocycles. The highest BCUT2D eigenvalue weighted by molar-refractivity contribution is 5.95. The number of hydrogen-bond acceptors (Lipinski definition) is 3. The first kappa shape index (κ1) is 16.1. The largest absolute Gasteiger partial charge is 0.481 e. The van der Waals surface area contributed by atoms with E-state index in [4.69, 9.17) is 5.11 Å². The maximum atomic E-state index is 12.2. The third-order valence-corrected chi connectivity index (χ3v) is 2.87. The number of aryl methyl sites for hydroxylation is 1. The topological polar surface area (TPSA) is 79.3 Å². The van der Waals surface area contributed by atoms with Gasteiger partial charge in [0, 0.05) is 17.9 Å².